The van der Waals surface area contributed by atoms with Gasteiger partial charge in [0.2, 0.25) is 0 Å². The quantitative estimate of drug-likeness (QED) is 0.384. The maximum atomic E-state index is 5.40. The van der Waals surface area contributed by atoms with Gasteiger partial charge in [-0.1, -0.05) is 6.07 Å². The first-order valence-electron chi connectivity index (χ1n) is 10.6. The number of rotatable bonds is 9. The normalized spacial score (nSPS) is 16.4. The summed E-state index contributed by atoms with van der Waals surface area (Å²) in [5.41, 5.74) is 1.22. The van der Waals surface area contributed by atoms with E-state index in [1.807, 2.05) is 19.2 Å². The summed E-state index contributed by atoms with van der Waals surface area (Å²) in [5, 5.41) is 3.50. The van der Waals surface area contributed by atoms with Crippen LogP contribution in [0.1, 0.15) is 18.4 Å². The minimum Gasteiger partial charge on any atom is -0.493 e. The molecule has 1 aliphatic rings. The molecule has 0 radical (unpaired) electrons. The second-order valence-corrected chi connectivity index (χ2v) is 7.69. The summed E-state index contributed by atoms with van der Waals surface area (Å²) in [5.74, 6) is 2.48. The minimum absolute atomic E-state index is 0.762. The van der Waals surface area contributed by atoms with Gasteiger partial charge < -0.3 is 29.5 Å². The van der Waals surface area contributed by atoms with E-state index in [1.54, 1.807) is 14.2 Å². The zero-order valence-corrected chi connectivity index (χ0v) is 18.9. The van der Waals surface area contributed by atoms with Crippen molar-refractivity contribution in [2.45, 2.75) is 19.3 Å². The van der Waals surface area contributed by atoms with Crippen molar-refractivity contribution < 1.29 is 9.47 Å². The summed E-state index contributed by atoms with van der Waals surface area (Å²) in [6.45, 7) is 7.75. The molecule has 1 aromatic carbocycles. The van der Waals surface area contributed by atoms with Gasteiger partial charge >= 0.3 is 0 Å². The number of hydrogen-bond acceptors (Lipinski definition) is 5. The van der Waals surface area contributed by atoms with Gasteiger partial charge in [-0.2, -0.15) is 0 Å². The molecule has 1 N–H and O–H groups in total. The number of likely N-dealkylation sites (N-methyl/N-ethyl adjacent to an activating group) is 2. The number of benzene rings is 1. The van der Waals surface area contributed by atoms with Crippen molar-refractivity contribution in [2.75, 3.05) is 81.2 Å². The molecule has 0 atom stereocenters. The Morgan fingerprint density at radius 2 is 1.93 bits per heavy atom. The Labute approximate surface area is 176 Å². The van der Waals surface area contributed by atoms with Crippen molar-refractivity contribution in [3.8, 4) is 11.5 Å². The van der Waals surface area contributed by atoms with Crippen LogP contribution in [0.3, 0.4) is 0 Å². The highest BCUT2D eigenvalue weighted by molar-refractivity contribution is 5.79. The maximum absolute atomic E-state index is 5.40. The summed E-state index contributed by atoms with van der Waals surface area (Å²) in [6, 6.07) is 6.09. The highest BCUT2D eigenvalue weighted by Gasteiger charge is 2.12. The van der Waals surface area contributed by atoms with E-state index in [0.717, 1.165) is 49.9 Å². The number of guanidine groups is 1. The molecule has 0 aromatic heterocycles. The molecule has 0 unspecified atom stereocenters. The van der Waals surface area contributed by atoms with E-state index in [9.17, 15) is 0 Å². The lowest BCUT2D eigenvalue weighted by Crippen LogP contribution is -2.41. The van der Waals surface area contributed by atoms with Crippen molar-refractivity contribution in [2.24, 2.45) is 4.99 Å². The fraction of sp³-hybridized carbons (Fsp3) is 0.682. The largest absolute Gasteiger partial charge is 0.493 e. The van der Waals surface area contributed by atoms with Crippen LogP contribution < -0.4 is 14.8 Å². The number of nitrogens with zero attached hydrogens (tertiary/aromatic N) is 4. The van der Waals surface area contributed by atoms with Crippen LogP contribution >= 0.6 is 0 Å². The highest BCUT2D eigenvalue weighted by Crippen LogP contribution is 2.27. The Morgan fingerprint density at radius 3 is 2.66 bits per heavy atom. The number of methoxy groups -OCH3 is 2. The molecule has 164 valence electrons. The van der Waals surface area contributed by atoms with Crippen LogP contribution in [0.25, 0.3) is 0 Å². The summed E-state index contributed by atoms with van der Waals surface area (Å²) in [6.07, 6.45) is 3.32. The van der Waals surface area contributed by atoms with Crippen molar-refractivity contribution in [1.29, 1.82) is 0 Å². The van der Waals surface area contributed by atoms with Gasteiger partial charge in [0.05, 0.1) is 14.2 Å². The Morgan fingerprint density at radius 1 is 1.14 bits per heavy atom. The SMILES string of the molecule is CN=C(NCCCN1CCCN(C)CC1)N(C)CCc1ccc(OC)c(OC)c1. The zero-order chi connectivity index (χ0) is 21.1. The van der Waals surface area contributed by atoms with Crippen LogP contribution in [-0.4, -0.2) is 102 Å². The van der Waals surface area contributed by atoms with Crippen molar-refractivity contribution in [3.63, 3.8) is 0 Å². The van der Waals surface area contributed by atoms with Crippen molar-refractivity contribution in [1.82, 2.24) is 20.0 Å². The van der Waals surface area contributed by atoms with Crippen LogP contribution in [-0.2, 0) is 6.42 Å². The van der Waals surface area contributed by atoms with Crippen LogP contribution in [0, 0.1) is 0 Å². The lowest BCUT2D eigenvalue weighted by atomic mass is 10.1. The van der Waals surface area contributed by atoms with E-state index >= 15 is 0 Å². The summed E-state index contributed by atoms with van der Waals surface area (Å²) >= 11 is 0. The maximum Gasteiger partial charge on any atom is 0.193 e. The predicted molar refractivity (Wildman–Crippen MR) is 120 cm³/mol. The molecule has 1 heterocycles. The molecule has 1 saturated heterocycles. The lowest BCUT2D eigenvalue weighted by Gasteiger charge is -2.23. The second kappa shape index (κ2) is 12.5. The smallest absolute Gasteiger partial charge is 0.193 e. The average Bonchev–Trinajstić information content (AvgIpc) is 2.95. The first-order chi connectivity index (χ1) is 14.1. The van der Waals surface area contributed by atoms with Crippen LogP contribution in [0.15, 0.2) is 23.2 Å². The fourth-order valence-corrected chi connectivity index (χ4v) is 3.65. The minimum atomic E-state index is 0.762. The molecule has 7 heteroatoms. The monoisotopic (exact) mass is 405 g/mol. The molecule has 0 saturated carbocycles. The summed E-state index contributed by atoms with van der Waals surface area (Å²) < 4.78 is 10.7. The molecule has 2 rings (SSSR count). The topological polar surface area (TPSA) is 52.6 Å². The molecule has 0 bridgehead atoms. The number of ether oxygens (including phenoxy) is 2. The van der Waals surface area contributed by atoms with E-state index in [4.69, 9.17) is 9.47 Å². The van der Waals surface area contributed by atoms with E-state index in [1.165, 1.54) is 38.2 Å². The highest BCUT2D eigenvalue weighted by atomic mass is 16.5. The van der Waals surface area contributed by atoms with Crippen LogP contribution in [0.5, 0.6) is 11.5 Å². The number of nitrogens with one attached hydrogen (secondary N) is 1. The van der Waals surface area contributed by atoms with Gasteiger partial charge in [-0.3, -0.25) is 4.99 Å². The zero-order valence-electron chi connectivity index (χ0n) is 18.9. The van der Waals surface area contributed by atoms with Crippen molar-refractivity contribution >= 4 is 5.96 Å². The van der Waals surface area contributed by atoms with E-state index < -0.39 is 0 Å². The van der Waals surface area contributed by atoms with Crippen LogP contribution in [0.4, 0.5) is 0 Å². The van der Waals surface area contributed by atoms with Crippen LogP contribution in [0.2, 0.25) is 0 Å². The van der Waals surface area contributed by atoms with Crippen molar-refractivity contribution in [3.05, 3.63) is 23.8 Å². The first-order valence-corrected chi connectivity index (χ1v) is 10.6. The molecule has 1 fully saturated rings. The second-order valence-electron chi connectivity index (χ2n) is 7.69. The molecule has 0 amide bonds. The van der Waals surface area contributed by atoms with Gasteiger partial charge in [-0.05, 0) is 63.6 Å². The lowest BCUT2D eigenvalue weighted by molar-refractivity contribution is 0.273. The molecule has 0 aliphatic carbocycles. The van der Waals surface area contributed by atoms with Gasteiger partial charge in [0.15, 0.2) is 17.5 Å². The fourth-order valence-electron chi connectivity index (χ4n) is 3.65. The third-order valence-electron chi connectivity index (χ3n) is 5.50. The Bertz CT molecular complexity index is 638. The summed E-state index contributed by atoms with van der Waals surface area (Å²) in [4.78, 5) is 11.6. The van der Waals surface area contributed by atoms with Gasteiger partial charge in [-0.25, -0.2) is 0 Å². The third-order valence-corrected chi connectivity index (χ3v) is 5.50. The molecular formula is C22H39N5O2. The number of aliphatic imine (C=N–C) groups is 1. The van der Waals surface area contributed by atoms with E-state index in [2.05, 4.69) is 45.2 Å². The predicted octanol–water partition coefficient (Wildman–Crippen LogP) is 1.78. The molecule has 1 aromatic rings. The molecule has 1 aliphatic heterocycles. The van der Waals surface area contributed by atoms with Gasteiger partial charge in [-0.15, -0.1) is 0 Å². The molecule has 0 spiro atoms. The van der Waals surface area contributed by atoms with Gasteiger partial charge in [0.25, 0.3) is 0 Å². The Kier molecular flexibility index (Phi) is 10.1. The average molecular weight is 406 g/mol. The standard InChI is InChI=1S/C22H39N5O2/c1-23-22(24-11-6-13-27-14-7-12-25(2)16-17-27)26(3)15-10-19-8-9-20(28-4)21(18-19)29-5/h8-9,18H,6-7,10-17H2,1-5H3,(H,23,24). The van der Waals surface area contributed by atoms with E-state index in [0.29, 0.717) is 0 Å². The Balaban J connectivity index is 1.72. The third kappa shape index (κ3) is 7.74. The van der Waals surface area contributed by atoms with Gasteiger partial charge in [0, 0.05) is 40.3 Å². The Hall–Kier alpha value is -1.99. The number of hydrogen-bond donors (Lipinski definition) is 1. The molecular weight excluding hydrogens is 366 g/mol. The molecule has 29 heavy (non-hydrogen) atoms. The van der Waals surface area contributed by atoms with Gasteiger partial charge in [0.1, 0.15) is 0 Å². The summed E-state index contributed by atoms with van der Waals surface area (Å²) in [7, 11) is 9.48. The van der Waals surface area contributed by atoms with E-state index in [-0.39, 0.29) is 0 Å². The molecule has 7 nitrogen and oxygen atoms in total. The first kappa shape index (κ1) is 23.3.